The molecule has 2 aromatic rings. The molecule has 0 aliphatic carbocycles. The molecule has 0 fully saturated rings. The van der Waals surface area contributed by atoms with Crippen molar-refractivity contribution in [3.8, 4) is 11.4 Å². The lowest BCUT2D eigenvalue weighted by Crippen LogP contribution is -2.43. The Labute approximate surface area is 154 Å². The van der Waals surface area contributed by atoms with Crippen LogP contribution in [0.1, 0.15) is 24.6 Å². The first-order valence-electron chi connectivity index (χ1n) is 8.84. The topological polar surface area (TPSA) is 71.5 Å². The maximum Gasteiger partial charge on any atom is 0.252 e. The van der Waals surface area contributed by atoms with Crippen LogP contribution < -0.4 is 4.90 Å². The molecule has 0 unspecified atom stereocenters. The lowest BCUT2D eigenvalue weighted by Gasteiger charge is -2.32. The number of hydrogen-bond donors (Lipinski definition) is 0. The molecule has 3 heterocycles. The number of anilines is 1. The van der Waals surface area contributed by atoms with Gasteiger partial charge in [-0.05, 0) is 25.0 Å². The molecule has 3 rings (SSSR count). The second-order valence-electron chi connectivity index (χ2n) is 6.57. The van der Waals surface area contributed by atoms with Gasteiger partial charge in [0.1, 0.15) is 11.9 Å². The van der Waals surface area contributed by atoms with Gasteiger partial charge in [0.05, 0.1) is 12.2 Å². The molecule has 2 aromatic heterocycles. The third-order valence-corrected chi connectivity index (χ3v) is 4.65. The zero-order chi connectivity index (χ0) is 18.7. The Bertz CT molecular complexity index is 775. The van der Waals surface area contributed by atoms with E-state index in [1.807, 2.05) is 43.0 Å². The first-order chi connectivity index (χ1) is 12.5. The molecule has 1 atom stereocenters. The Hall–Kier alpha value is -2.54. The van der Waals surface area contributed by atoms with Crippen LogP contribution in [0.4, 0.5) is 5.82 Å². The summed E-state index contributed by atoms with van der Waals surface area (Å²) in [4.78, 5) is 30.1. The molecular weight excluding hydrogens is 330 g/mol. The number of carbonyl (C=O) groups is 1. The van der Waals surface area contributed by atoms with Gasteiger partial charge in [0, 0.05) is 51.3 Å². The number of aromatic nitrogens is 3. The largest absolute Gasteiger partial charge is 0.372 e. The summed E-state index contributed by atoms with van der Waals surface area (Å²) in [6, 6.07) is 3.79. The van der Waals surface area contributed by atoms with Gasteiger partial charge in [-0.2, -0.15) is 0 Å². The Kier molecular flexibility index (Phi) is 5.46. The smallest absolute Gasteiger partial charge is 0.252 e. The monoisotopic (exact) mass is 355 g/mol. The molecule has 0 saturated carbocycles. The molecule has 138 valence electrons. The van der Waals surface area contributed by atoms with E-state index >= 15 is 0 Å². The van der Waals surface area contributed by atoms with Gasteiger partial charge in [0.2, 0.25) is 0 Å². The summed E-state index contributed by atoms with van der Waals surface area (Å²) in [5.74, 6) is 1.59. The molecule has 7 nitrogen and oxygen atoms in total. The summed E-state index contributed by atoms with van der Waals surface area (Å²) >= 11 is 0. The lowest BCUT2D eigenvalue weighted by molar-refractivity contribution is -0.143. The van der Waals surface area contributed by atoms with E-state index in [0.717, 1.165) is 29.1 Å². The highest BCUT2D eigenvalue weighted by molar-refractivity contribution is 5.81. The van der Waals surface area contributed by atoms with Crippen molar-refractivity contribution in [2.24, 2.45) is 0 Å². The van der Waals surface area contributed by atoms with Crippen molar-refractivity contribution < 1.29 is 9.53 Å². The highest BCUT2D eigenvalue weighted by atomic mass is 16.5. The number of rotatable bonds is 5. The van der Waals surface area contributed by atoms with Gasteiger partial charge in [-0.25, -0.2) is 9.97 Å². The van der Waals surface area contributed by atoms with Crippen molar-refractivity contribution in [3.63, 3.8) is 0 Å². The van der Waals surface area contributed by atoms with Gasteiger partial charge < -0.3 is 14.5 Å². The van der Waals surface area contributed by atoms with E-state index in [1.165, 1.54) is 0 Å². The van der Waals surface area contributed by atoms with Gasteiger partial charge >= 0.3 is 0 Å². The summed E-state index contributed by atoms with van der Waals surface area (Å²) in [6.45, 7) is 3.10. The summed E-state index contributed by atoms with van der Waals surface area (Å²) in [5.41, 5.74) is 2.93. The van der Waals surface area contributed by atoms with Crippen molar-refractivity contribution in [1.29, 1.82) is 0 Å². The molecule has 0 saturated heterocycles. The van der Waals surface area contributed by atoms with Crippen LogP contribution in [0.15, 0.2) is 24.5 Å². The van der Waals surface area contributed by atoms with Crippen molar-refractivity contribution in [3.05, 3.63) is 35.8 Å². The molecule has 0 radical (unpaired) electrons. The fourth-order valence-electron chi connectivity index (χ4n) is 3.24. The fraction of sp³-hybridized carbons (Fsp3) is 0.474. The second-order valence-corrected chi connectivity index (χ2v) is 6.57. The van der Waals surface area contributed by atoms with Crippen molar-refractivity contribution in [2.75, 3.05) is 32.6 Å². The molecule has 0 aromatic carbocycles. The van der Waals surface area contributed by atoms with E-state index in [0.29, 0.717) is 25.3 Å². The van der Waals surface area contributed by atoms with Gasteiger partial charge in [0.25, 0.3) is 5.91 Å². The van der Waals surface area contributed by atoms with Crippen LogP contribution in [0.2, 0.25) is 0 Å². The van der Waals surface area contributed by atoms with E-state index < -0.39 is 6.10 Å². The normalized spacial score (nSPS) is 14.7. The number of hydrogen-bond acceptors (Lipinski definition) is 6. The lowest BCUT2D eigenvalue weighted by atomic mass is 10.0. The van der Waals surface area contributed by atoms with E-state index in [-0.39, 0.29) is 5.91 Å². The Morgan fingerprint density at radius 2 is 2.04 bits per heavy atom. The first kappa shape index (κ1) is 18.3. The van der Waals surface area contributed by atoms with Crippen LogP contribution in [0.3, 0.4) is 0 Å². The Balaban J connectivity index is 1.98. The highest BCUT2D eigenvalue weighted by Gasteiger charge is 2.29. The molecule has 1 amide bonds. The van der Waals surface area contributed by atoms with E-state index in [2.05, 4.69) is 4.98 Å². The number of pyridine rings is 1. The SMILES string of the molecule is CC[C@H](OC)C(=O)N1CCc2c(nc(-c3ccncc3)nc2N(C)C)C1. The summed E-state index contributed by atoms with van der Waals surface area (Å²) in [6.07, 6.45) is 4.46. The maximum absolute atomic E-state index is 12.7. The first-order valence-corrected chi connectivity index (χ1v) is 8.84. The maximum atomic E-state index is 12.7. The van der Waals surface area contributed by atoms with Crippen LogP contribution in [0.25, 0.3) is 11.4 Å². The zero-order valence-electron chi connectivity index (χ0n) is 15.8. The van der Waals surface area contributed by atoms with E-state index in [4.69, 9.17) is 14.7 Å². The average molecular weight is 355 g/mol. The van der Waals surface area contributed by atoms with Gasteiger partial charge in [-0.15, -0.1) is 0 Å². The molecular formula is C19H25N5O2. The Morgan fingerprint density at radius 1 is 1.31 bits per heavy atom. The van der Waals surface area contributed by atoms with Crippen molar-refractivity contribution >= 4 is 11.7 Å². The summed E-state index contributed by atoms with van der Waals surface area (Å²) in [7, 11) is 5.54. The molecule has 0 N–H and O–H groups in total. The zero-order valence-corrected chi connectivity index (χ0v) is 15.8. The van der Waals surface area contributed by atoms with Crippen LogP contribution in [-0.4, -0.2) is 59.6 Å². The minimum absolute atomic E-state index is 0.0242. The standard InChI is InChI=1S/C19H25N5O2/c1-5-16(26-4)19(25)24-11-8-14-15(12-24)21-17(22-18(14)23(2)3)13-6-9-20-10-7-13/h6-7,9-10,16H,5,8,11-12H2,1-4H3/t16-/m0/s1. The van der Waals surface area contributed by atoms with Crippen LogP contribution in [0, 0.1) is 0 Å². The van der Waals surface area contributed by atoms with Gasteiger partial charge in [0.15, 0.2) is 5.82 Å². The van der Waals surface area contributed by atoms with Crippen molar-refractivity contribution in [1.82, 2.24) is 19.9 Å². The molecule has 1 aliphatic rings. The number of fused-ring (bicyclic) bond motifs is 1. The third kappa shape index (κ3) is 3.53. The highest BCUT2D eigenvalue weighted by Crippen LogP contribution is 2.28. The predicted molar refractivity (Wildman–Crippen MR) is 99.8 cm³/mol. The summed E-state index contributed by atoms with van der Waals surface area (Å²) in [5, 5.41) is 0. The summed E-state index contributed by atoms with van der Waals surface area (Å²) < 4.78 is 5.32. The number of amides is 1. The van der Waals surface area contributed by atoms with E-state index in [9.17, 15) is 4.79 Å². The minimum atomic E-state index is -0.397. The number of nitrogens with zero attached hydrogens (tertiary/aromatic N) is 5. The molecule has 0 spiro atoms. The van der Waals surface area contributed by atoms with E-state index in [1.54, 1.807) is 19.5 Å². The predicted octanol–water partition coefficient (Wildman–Crippen LogP) is 1.91. The number of ether oxygens (including phenoxy) is 1. The fourth-order valence-corrected chi connectivity index (χ4v) is 3.24. The molecule has 0 bridgehead atoms. The van der Waals surface area contributed by atoms with Gasteiger partial charge in [-0.3, -0.25) is 9.78 Å². The van der Waals surface area contributed by atoms with Crippen molar-refractivity contribution in [2.45, 2.75) is 32.4 Å². The molecule has 1 aliphatic heterocycles. The third-order valence-electron chi connectivity index (χ3n) is 4.65. The van der Waals surface area contributed by atoms with Crippen LogP contribution >= 0.6 is 0 Å². The average Bonchev–Trinajstić information content (AvgIpc) is 2.68. The quantitative estimate of drug-likeness (QED) is 0.816. The second kappa shape index (κ2) is 7.78. The minimum Gasteiger partial charge on any atom is -0.372 e. The molecule has 26 heavy (non-hydrogen) atoms. The van der Waals surface area contributed by atoms with Crippen LogP contribution in [-0.2, 0) is 22.5 Å². The number of methoxy groups -OCH3 is 1. The molecule has 7 heteroatoms. The van der Waals surface area contributed by atoms with Gasteiger partial charge in [-0.1, -0.05) is 6.92 Å². The van der Waals surface area contributed by atoms with Crippen LogP contribution in [0.5, 0.6) is 0 Å². The Morgan fingerprint density at radius 3 is 2.65 bits per heavy atom. The number of carbonyl (C=O) groups excluding carboxylic acids is 1.